The number of halogens is 1. The molecule has 0 bridgehead atoms. The van der Waals surface area contributed by atoms with Crippen molar-refractivity contribution in [2.75, 3.05) is 0 Å². The zero-order valence-electron chi connectivity index (χ0n) is 16.7. The molecule has 1 amide bonds. The van der Waals surface area contributed by atoms with Crippen LogP contribution in [0.3, 0.4) is 0 Å². The van der Waals surface area contributed by atoms with Crippen LogP contribution in [0.5, 0.6) is 0 Å². The SMILES string of the molecule is C=C/C(=C\N=CC)NC(=O)Cc1ccc(-c2cnc3n[nH]c(C4CC4)c3c2)cc1F. The normalized spacial score (nSPS) is 14.4. The molecule has 0 atom stereocenters. The highest BCUT2D eigenvalue weighted by Crippen LogP contribution is 2.42. The Balaban J connectivity index is 1.53. The Kier molecular flexibility index (Phi) is 5.52. The minimum absolute atomic E-state index is 0.0853. The van der Waals surface area contributed by atoms with Crippen molar-refractivity contribution >= 4 is 23.2 Å². The molecule has 2 N–H and O–H groups in total. The van der Waals surface area contributed by atoms with E-state index in [0.717, 1.165) is 29.5 Å². The number of aromatic amines is 1. The standard InChI is InChI=1S/C23H22FN5O/c1-3-18(13-25-4-2)27-21(30)11-16-8-7-15(10-20(16)24)17-9-19-22(14-5-6-14)28-29-23(19)26-12-17/h3-4,7-10,12-14H,1,5-6,11H2,2H3,(H,27,30)(H,26,28,29)/b18-13+,25-4?. The summed E-state index contributed by atoms with van der Waals surface area (Å²) in [5, 5.41) is 11.0. The largest absolute Gasteiger partial charge is 0.324 e. The molecule has 4 rings (SSSR count). The minimum atomic E-state index is -0.437. The molecule has 0 saturated heterocycles. The Morgan fingerprint density at radius 1 is 1.37 bits per heavy atom. The van der Waals surface area contributed by atoms with Crippen molar-refractivity contribution in [3.63, 3.8) is 0 Å². The van der Waals surface area contributed by atoms with Crippen LogP contribution in [0.1, 0.15) is 36.9 Å². The van der Waals surface area contributed by atoms with Gasteiger partial charge >= 0.3 is 0 Å². The number of amides is 1. The number of aromatic nitrogens is 3. The predicted molar refractivity (Wildman–Crippen MR) is 116 cm³/mol. The molecule has 7 heteroatoms. The fraction of sp³-hybridized carbons (Fsp3) is 0.217. The second-order valence-corrected chi connectivity index (χ2v) is 7.23. The van der Waals surface area contributed by atoms with Gasteiger partial charge in [0.15, 0.2) is 5.65 Å². The summed E-state index contributed by atoms with van der Waals surface area (Å²) >= 11 is 0. The maximum atomic E-state index is 14.7. The summed E-state index contributed by atoms with van der Waals surface area (Å²) in [6, 6.07) is 6.87. The first-order chi connectivity index (χ1) is 14.6. The molecule has 152 valence electrons. The zero-order chi connectivity index (χ0) is 21.1. The van der Waals surface area contributed by atoms with E-state index in [9.17, 15) is 9.18 Å². The minimum Gasteiger partial charge on any atom is -0.324 e. The maximum Gasteiger partial charge on any atom is 0.228 e. The molecule has 6 nitrogen and oxygen atoms in total. The molecule has 2 aromatic heterocycles. The molecular formula is C23H22FN5O. The number of benzene rings is 1. The molecule has 0 radical (unpaired) electrons. The van der Waals surface area contributed by atoms with Crippen LogP contribution in [-0.2, 0) is 11.2 Å². The number of carbonyl (C=O) groups excluding carboxylic acids is 1. The number of pyridine rings is 1. The average molecular weight is 403 g/mol. The second kappa shape index (κ2) is 8.41. The van der Waals surface area contributed by atoms with Crippen LogP contribution in [0.15, 0.2) is 60.0 Å². The molecule has 1 aliphatic carbocycles. The van der Waals surface area contributed by atoms with E-state index in [1.807, 2.05) is 6.07 Å². The summed E-state index contributed by atoms with van der Waals surface area (Å²) in [4.78, 5) is 20.6. The van der Waals surface area contributed by atoms with Crippen LogP contribution in [0.4, 0.5) is 4.39 Å². The van der Waals surface area contributed by atoms with Gasteiger partial charge < -0.3 is 5.32 Å². The van der Waals surface area contributed by atoms with E-state index in [4.69, 9.17) is 0 Å². The van der Waals surface area contributed by atoms with E-state index in [0.29, 0.717) is 28.4 Å². The third kappa shape index (κ3) is 4.20. The zero-order valence-corrected chi connectivity index (χ0v) is 16.7. The fourth-order valence-electron chi connectivity index (χ4n) is 3.30. The van der Waals surface area contributed by atoms with Gasteiger partial charge in [-0.15, -0.1) is 0 Å². The lowest BCUT2D eigenvalue weighted by atomic mass is 10.0. The van der Waals surface area contributed by atoms with Crippen molar-refractivity contribution in [3.05, 3.63) is 72.1 Å². The van der Waals surface area contributed by atoms with Crippen LogP contribution in [-0.4, -0.2) is 27.3 Å². The van der Waals surface area contributed by atoms with E-state index in [1.54, 1.807) is 31.5 Å². The molecular weight excluding hydrogens is 381 g/mol. The van der Waals surface area contributed by atoms with Crippen molar-refractivity contribution in [3.8, 4) is 11.1 Å². The van der Waals surface area contributed by atoms with Gasteiger partial charge in [-0.05, 0) is 49.1 Å². The van der Waals surface area contributed by atoms with Crippen LogP contribution in [0.2, 0.25) is 0 Å². The maximum absolute atomic E-state index is 14.7. The first-order valence-corrected chi connectivity index (χ1v) is 9.82. The van der Waals surface area contributed by atoms with Crippen LogP contribution in [0.25, 0.3) is 22.2 Å². The van der Waals surface area contributed by atoms with Crippen molar-refractivity contribution < 1.29 is 9.18 Å². The lowest BCUT2D eigenvalue weighted by Gasteiger charge is -2.08. The quantitative estimate of drug-likeness (QED) is 0.453. The highest BCUT2D eigenvalue weighted by Gasteiger charge is 2.27. The summed E-state index contributed by atoms with van der Waals surface area (Å²) in [6.45, 7) is 5.40. The Morgan fingerprint density at radius 3 is 2.90 bits per heavy atom. The first kappa shape index (κ1) is 19.7. The Morgan fingerprint density at radius 2 is 2.20 bits per heavy atom. The predicted octanol–water partition coefficient (Wildman–Crippen LogP) is 4.42. The monoisotopic (exact) mass is 403 g/mol. The van der Waals surface area contributed by atoms with Crippen LogP contribution in [0, 0.1) is 5.82 Å². The molecule has 2 heterocycles. The number of aliphatic imine (C=N–C) groups is 1. The molecule has 1 aromatic carbocycles. The summed E-state index contributed by atoms with van der Waals surface area (Å²) in [5.74, 6) is -0.259. The summed E-state index contributed by atoms with van der Waals surface area (Å²) < 4.78 is 14.7. The summed E-state index contributed by atoms with van der Waals surface area (Å²) in [7, 11) is 0. The highest BCUT2D eigenvalue weighted by molar-refractivity contribution is 5.84. The van der Waals surface area contributed by atoms with E-state index >= 15 is 0 Å². The van der Waals surface area contributed by atoms with Crippen molar-refractivity contribution in [2.45, 2.75) is 32.1 Å². The average Bonchev–Trinajstić information content (AvgIpc) is 3.51. The number of hydrogen-bond donors (Lipinski definition) is 2. The van der Waals surface area contributed by atoms with Crippen LogP contribution >= 0.6 is 0 Å². The number of nitrogens with one attached hydrogen (secondary N) is 2. The van der Waals surface area contributed by atoms with Gasteiger partial charge in [0.2, 0.25) is 5.91 Å². The van der Waals surface area contributed by atoms with E-state index in [1.165, 1.54) is 18.3 Å². The Bertz CT molecular complexity index is 1170. The van der Waals surface area contributed by atoms with Gasteiger partial charge in [0.1, 0.15) is 5.82 Å². The van der Waals surface area contributed by atoms with Crippen molar-refractivity contribution in [2.24, 2.45) is 4.99 Å². The molecule has 1 saturated carbocycles. The van der Waals surface area contributed by atoms with Crippen molar-refractivity contribution in [1.82, 2.24) is 20.5 Å². The third-order valence-corrected chi connectivity index (χ3v) is 5.03. The summed E-state index contributed by atoms with van der Waals surface area (Å²) in [6.07, 6.45) is 8.48. The second-order valence-electron chi connectivity index (χ2n) is 7.23. The molecule has 0 spiro atoms. The number of nitrogens with zero attached hydrogens (tertiary/aromatic N) is 3. The molecule has 0 aliphatic heterocycles. The number of hydrogen-bond acceptors (Lipinski definition) is 4. The number of carbonyl (C=O) groups is 1. The summed E-state index contributed by atoms with van der Waals surface area (Å²) in [5.41, 5.74) is 4.07. The van der Waals surface area contributed by atoms with Gasteiger partial charge in [-0.2, -0.15) is 5.10 Å². The Labute approximate surface area is 173 Å². The van der Waals surface area contributed by atoms with Gasteiger partial charge in [0.25, 0.3) is 0 Å². The van der Waals surface area contributed by atoms with Crippen LogP contribution < -0.4 is 5.32 Å². The number of H-pyrrole nitrogens is 1. The van der Waals surface area contributed by atoms with E-state index in [2.05, 4.69) is 32.1 Å². The van der Waals surface area contributed by atoms with Gasteiger partial charge in [0.05, 0.1) is 12.1 Å². The van der Waals surface area contributed by atoms with E-state index in [-0.39, 0.29) is 12.3 Å². The molecule has 1 fully saturated rings. The molecule has 0 unspecified atom stereocenters. The highest BCUT2D eigenvalue weighted by atomic mass is 19.1. The molecule has 30 heavy (non-hydrogen) atoms. The Hall–Kier alpha value is -3.61. The molecule has 1 aliphatic rings. The van der Waals surface area contributed by atoms with Gasteiger partial charge in [0, 0.05) is 41.2 Å². The van der Waals surface area contributed by atoms with Gasteiger partial charge in [-0.1, -0.05) is 18.7 Å². The third-order valence-electron chi connectivity index (χ3n) is 5.03. The number of fused-ring (bicyclic) bond motifs is 1. The smallest absolute Gasteiger partial charge is 0.228 e. The first-order valence-electron chi connectivity index (χ1n) is 9.82. The van der Waals surface area contributed by atoms with Gasteiger partial charge in [-0.3, -0.25) is 14.9 Å². The van der Waals surface area contributed by atoms with Gasteiger partial charge in [-0.25, -0.2) is 9.37 Å². The van der Waals surface area contributed by atoms with E-state index < -0.39 is 5.82 Å². The van der Waals surface area contributed by atoms with Crippen molar-refractivity contribution in [1.29, 1.82) is 0 Å². The lowest BCUT2D eigenvalue weighted by molar-refractivity contribution is -0.119. The number of rotatable bonds is 7. The topological polar surface area (TPSA) is 83.0 Å². The fourth-order valence-corrected chi connectivity index (χ4v) is 3.30. The lowest BCUT2D eigenvalue weighted by Crippen LogP contribution is -2.24. The number of allylic oxidation sites excluding steroid dienone is 1. The molecule has 3 aromatic rings.